The van der Waals surface area contributed by atoms with Gasteiger partial charge in [0.15, 0.2) is 0 Å². The van der Waals surface area contributed by atoms with Crippen LogP contribution in [0.15, 0.2) is 196 Å². The van der Waals surface area contributed by atoms with Gasteiger partial charge in [0.1, 0.15) is 87.1 Å². The number of rotatable bonds is 27. The summed E-state index contributed by atoms with van der Waals surface area (Å²) in [7, 11) is 1.74. The molecular weight excluding hydrogens is 2140 g/mol. The predicted molar refractivity (Wildman–Crippen MR) is 550 cm³/mol. The highest BCUT2D eigenvalue weighted by molar-refractivity contribution is 14.1. The van der Waals surface area contributed by atoms with Crippen LogP contribution >= 0.6 is 70.4 Å². The Morgan fingerprint density at radius 3 is 1.16 bits per heavy atom. The number of nitrogens with one attached hydrogen (secondary N) is 4. The summed E-state index contributed by atoms with van der Waals surface area (Å²) < 4.78 is 110. The van der Waals surface area contributed by atoms with Crippen molar-refractivity contribution in [3.05, 3.63) is 302 Å². The zero-order valence-electron chi connectivity index (χ0n) is 78.1. The highest BCUT2D eigenvalue weighted by Gasteiger charge is 2.34. The molecule has 4 aromatic heterocycles. The third-order valence-electron chi connectivity index (χ3n) is 25.9. The second-order valence-corrected chi connectivity index (χ2v) is 39.8. The second-order valence-electron chi connectivity index (χ2n) is 35.8. The highest BCUT2D eigenvalue weighted by Crippen LogP contribution is 2.42. The number of carbonyl (C=O) groups excluding carboxylic acids is 4. The van der Waals surface area contributed by atoms with E-state index in [2.05, 4.69) is 104 Å². The van der Waals surface area contributed by atoms with Crippen molar-refractivity contribution in [3.8, 4) is 45.0 Å². The molecule has 9 atom stereocenters. The Morgan fingerprint density at radius 2 is 0.789 bits per heavy atom. The van der Waals surface area contributed by atoms with Crippen LogP contribution in [0.25, 0.3) is 45.0 Å². The topological polar surface area (TPSA) is 440 Å². The Morgan fingerprint density at radius 1 is 0.423 bits per heavy atom. The first kappa shape index (κ1) is 108. The Kier molecular flexibility index (Phi) is 38.5. The number of hydrogen-bond acceptors (Lipinski definition) is 22. The van der Waals surface area contributed by atoms with E-state index in [4.69, 9.17) is 38.4 Å². The van der Waals surface area contributed by atoms with Crippen LogP contribution in [0.5, 0.6) is 0 Å². The molecule has 26 nitrogen and oxygen atoms in total. The van der Waals surface area contributed by atoms with Crippen LogP contribution in [0, 0.1) is 38.5 Å². The zero-order valence-corrected chi connectivity index (χ0v) is 85.0. The summed E-state index contributed by atoms with van der Waals surface area (Å²) in [5.41, 5.74) is 38.1. The molecule has 4 aliphatic rings. The summed E-state index contributed by atoms with van der Waals surface area (Å²) in [4.78, 5) is 87.0. The molecule has 8 aromatic carbocycles. The predicted octanol–water partition coefficient (Wildman–Crippen LogP) is 20.7. The van der Waals surface area contributed by atoms with Gasteiger partial charge in [-0.15, -0.1) is 0 Å². The van der Waals surface area contributed by atoms with Crippen LogP contribution in [-0.2, 0) is 4.74 Å². The van der Waals surface area contributed by atoms with Crippen molar-refractivity contribution >= 4 is 117 Å². The van der Waals surface area contributed by atoms with Gasteiger partial charge < -0.3 is 75.1 Å². The minimum atomic E-state index is -1.32. The molecule has 0 bridgehead atoms. The van der Waals surface area contributed by atoms with Crippen molar-refractivity contribution in [3.63, 3.8) is 0 Å². The number of aliphatic hydroxyl groups excluding tert-OH is 4. The van der Waals surface area contributed by atoms with Gasteiger partial charge in [0, 0.05) is 76.6 Å². The van der Waals surface area contributed by atoms with Crippen LogP contribution in [0.4, 0.5) is 54.0 Å². The molecular formula is C105H112Br3F7IN17O9. The number of methoxy groups -OCH3 is 1. The Bertz CT molecular complexity index is 6420. The van der Waals surface area contributed by atoms with Crippen LogP contribution < -0.4 is 49.9 Å². The molecule has 142 heavy (non-hydrogen) atoms. The molecule has 16 rings (SSSR count). The number of aliphatic hydroxyl groups is 4. The van der Waals surface area contributed by atoms with E-state index in [9.17, 15) is 57.2 Å². The number of halogens is 11. The van der Waals surface area contributed by atoms with Crippen molar-refractivity contribution in [1.82, 2.24) is 61.1 Å². The van der Waals surface area contributed by atoms with Gasteiger partial charge in [0.2, 0.25) is 0 Å². The van der Waals surface area contributed by atoms with Gasteiger partial charge in [-0.2, -0.15) is 0 Å². The number of aromatic nitrogens is 8. The van der Waals surface area contributed by atoms with Crippen molar-refractivity contribution in [2.75, 3.05) is 43.2 Å². The average molecular weight is 2260 g/mol. The Hall–Kier alpha value is -11.4. The molecule has 4 heterocycles. The average Bonchev–Trinajstić information content (AvgIpc) is 0.647. The lowest BCUT2D eigenvalue weighted by atomic mass is 9.84. The first-order valence-corrected chi connectivity index (χ1v) is 50.5. The molecule has 18 N–H and O–H groups in total. The van der Waals surface area contributed by atoms with Gasteiger partial charge in [0.05, 0.1) is 125 Å². The number of benzene rings is 8. The lowest BCUT2D eigenvalue weighted by Crippen LogP contribution is -2.33. The number of nitrogens with two attached hydrogens (primary N) is 5. The molecule has 4 aliphatic carbocycles. The van der Waals surface area contributed by atoms with Crippen LogP contribution in [0.3, 0.4) is 0 Å². The first-order chi connectivity index (χ1) is 68.1. The molecule has 4 amide bonds. The van der Waals surface area contributed by atoms with Gasteiger partial charge in [-0.05, 0) is 257 Å². The number of hydrogen-bond donors (Lipinski definition) is 13. The van der Waals surface area contributed by atoms with Crippen molar-refractivity contribution < 1.29 is 75.1 Å². The molecule has 0 saturated heterocycles. The largest absolute Gasteiger partial charge is 0.394 e. The monoisotopic (exact) mass is 2250 g/mol. The summed E-state index contributed by atoms with van der Waals surface area (Å²) in [6.45, 7) is 3.66. The maximum absolute atomic E-state index is 15.1. The lowest BCUT2D eigenvalue weighted by Gasteiger charge is -2.28. The van der Waals surface area contributed by atoms with Crippen molar-refractivity contribution in [1.29, 1.82) is 0 Å². The fraction of sp³-hybridized carbons (Fsp3) is 0.352. The third kappa shape index (κ3) is 28.4. The lowest BCUT2D eigenvalue weighted by molar-refractivity contribution is 0.0363. The number of alkyl halides is 1. The molecule has 4 fully saturated rings. The number of nitrogens with zero attached hydrogens (tertiary/aromatic N) is 8. The summed E-state index contributed by atoms with van der Waals surface area (Å²) in [6.07, 6.45) is 17.6. The first-order valence-electron chi connectivity index (χ1n) is 47.0. The molecule has 12 aromatic rings. The maximum Gasteiger partial charge on any atom is 0.254 e. The van der Waals surface area contributed by atoms with Gasteiger partial charge in [-0.1, -0.05) is 129 Å². The quantitative estimate of drug-likeness (QED) is 0.0168. The van der Waals surface area contributed by atoms with E-state index in [-0.39, 0.29) is 118 Å². The Balaban J connectivity index is 0.000000159. The summed E-state index contributed by atoms with van der Waals surface area (Å²) in [6, 6.07) is 38.4. The van der Waals surface area contributed by atoms with E-state index in [0.29, 0.717) is 111 Å². The van der Waals surface area contributed by atoms with E-state index >= 15 is 13.2 Å². The number of anilines is 4. The van der Waals surface area contributed by atoms with E-state index in [1.165, 1.54) is 79.0 Å². The molecule has 748 valence electrons. The summed E-state index contributed by atoms with van der Waals surface area (Å²) in [5, 5.41) is 50.3. The molecule has 0 radical (unpaired) electrons. The fourth-order valence-corrected chi connectivity index (χ4v) is 20.1. The van der Waals surface area contributed by atoms with Crippen LogP contribution in [-0.4, -0.2) is 135 Å². The smallest absolute Gasteiger partial charge is 0.254 e. The van der Waals surface area contributed by atoms with Crippen LogP contribution in [0.1, 0.15) is 270 Å². The number of carbonyl (C=O) groups is 4. The van der Waals surface area contributed by atoms with E-state index in [1.54, 1.807) is 50.0 Å². The fourth-order valence-electron chi connectivity index (χ4n) is 18.1. The van der Waals surface area contributed by atoms with Gasteiger partial charge in [-0.3, -0.25) is 19.2 Å². The zero-order chi connectivity index (χ0) is 102. The number of nitrogen functional groups attached to an aromatic ring is 4. The summed E-state index contributed by atoms with van der Waals surface area (Å²) in [5.74, 6) is -5.34. The Labute approximate surface area is 857 Å². The number of amides is 4. The molecule has 0 spiro atoms. The summed E-state index contributed by atoms with van der Waals surface area (Å²) >= 11 is 12.1. The highest BCUT2D eigenvalue weighted by atomic mass is 127. The van der Waals surface area contributed by atoms with E-state index in [1.807, 2.05) is 91.0 Å². The van der Waals surface area contributed by atoms with Gasteiger partial charge >= 0.3 is 0 Å². The van der Waals surface area contributed by atoms with Crippen molar-refractivity contribution in [2.45, 2.75) is 214 Å². The molecule has 2 unspecified atom stereocenters. The van der Waals surface area contributed by atoms with Gasteiger partial charge in [0.25, 0.3) is 23.6 Å². The minimum absolute atomic E-state index is 0.0405. The third-order valence-corrected chi connectivity index (χ3v) is 27.9. The normalized spacial score (nSPS) is 19.2. The maximum atomic E-state index is 15.1. The standard InChI is InChI=1S/C27H29BrF2N4O2.C27H29F2IN4O2.C26H29BrFN5O2.C25H25BrF2N4O3/c1-2-4-22(15-5-3-6-18(28)11-15)34-27(36)19-9-7-17(13-20(19)29)25-26(31)32-14-23(33-25)16-8-10-24(35)21(30)12-16;1-2-3-23(17-10-18(28)13-19(30)11-17)34-27(36)21-9-6-16(12-22(21)29)25-26(31)32-14-24(33-25)15-4-7-20(35)8-5-15;1-35-19-8-5-15(6-9-19)23-14-31-25(30)24(32-23)17-7-10-20(21(28)12-17)26(34)33-22(13-29)16-3-2-4-18(27)11-16;26-16-6-15(7-17(27)10-16)22(12-33)32-25(35)19-5-4-14(9-20(19)28)23-24(29)30-11-21(31-23)13-2-1-3-18(34)8-13/h3,5-7,9,11,13-14,16,21-22,24,35H,2,4,8,10,12H2,1H3,(H2,31,32)(H,34,36);6,9-15,20,23,35H,2-5,7-8H2,1H3,(H2,31,32)(H,34,36);2-4,7,10-12,14-15,19,22H,5-6,8-9,13,29H2,1H3,(H2,30,31)(H,33,34);4-7,9-11,13,18,22,33-34H,1-3,8,12H2,(H2,29,30)(H,32,35)/t16-,21-,22-,24-;15?,20?,23-;15?,19?,22-;13?,18?,22-/m1111/s1. The van der Waals surface area contributed by atoms with Crippen molar-refractivity contribution in [2.24, 2.45) is 5.73 Å². The number of ether oxygens (including phenoxy) is 1. The van der Waals surface area contributed by atoms with Crippen LogP contribution in [0.2, 0.25) is 0 Å². The van der Waals surface area contributed by atoms with Gasteiger partial charge in [-0.25, -0.2) is 70.6 Å². The molecule has 0 aliphatic heterocycles. The molecule has 37 heteroatoms. The SMILES string of the molecule is CCC[C@@H](NC(=O)c1ccc(-c2nc(C3CCC(O)CC3)cnc2N)cc1F)c1cc(F)cc(I)c1.CCC[C@@H](NC(=O)c1ccc(-c2nc([C@@H]3CC[C@@H](O)[C@H](F)C3)cnc2N)cc1F)c1cccc(Br)c1.COC1CCC(c2cnc(N)c(-c3ccc(C(=O)N[C@H](CN)c4cccc(Br)c4)c(F)c3)n2)CC1.Nc1ncc(C2CCCC(O)C2)nc1-c1ccc(C(=O)N[C@H](CO)c2cc(F)cc(Br)c2)c(F)c1. The second kappa shape index (κ2) is 50.7. The minimum Gasteiger partial charge on any atom is -0.394 e. The van der Waals surface area contributed by atoms with E-state index < -0.39 is 89.7 Å². The van der Waals surface area contributed by atoms with E-state index in [0.717, 1.165) is 112 Å². The molecule has 4 saturated carbocycles.